The Hall–Kier alpha value is -3.60. The molecule has 1 aromatic carbocycles. The monoisotopic (exact) mass is 369 g/mol. The van der Waals surface area contributed by atoms with Crippen LogP contribution in [0.25, 0.3) is 11.1 Å². The van der Waals surface area contributed by atoms with Crippen molar-refractivity contribution in [3.63, 3.8) is 0 Å². The maximum Gasteiger partial charge on any atom is 0.342 e. The first-order valence-corrected chi connectivity index (χ1v) is 6.63. The van der Waals surface area contributed by atoms with E-state index in [1.54, 1.807) is 0 Å². The third-order valence-corrected chi connectivity index (χ3v) is 3.41. The lowest BCUT2D eigenvalue weighted by Crippen LogP contribution is -2.24. The highest BCUT2D eigenvalue weighted by atomic mass is 35.5. The predicted molar refractivity (Wildman–Crippen MR) is 84.2 cm³/mol. The van der Waals surface area contributed by atoms with Gasteiger partial charge in [-0.1, -0.05) is 11.6 Å². The quantitative estimate of drug-likeness (QED) is 0.389. The summed E-state index contributed by atoms with van der Waals surface area (Å²) in [6, 6.07) is 1.66. The number of nitro groups is 1. The highest BCUT2D eigenvalue weighted by Gasteiger charge is 2.31. The topological polar surface area (TPSA) is 197 Å². The molecule has 0 bridgehead atoms. The summed E-state index contributed by atoms with van der Waals surface area (Å²) in [5.41, 5.74) is -0.0905. The van der Waals surface area contributed by atoms with Crippen LogP contribution in [-0.4, -0.2) is 37.2 Å². The van der Waals surface area contributed by atoms with Crippen LogP contribution in [0, 0.1) is 10.1 Å². The number of nitrogens with one attached hydrogen (secondary N) is 1. The molecule has 0 spiro atoms. The second-order valence-corrected chi connectivity index (χ2v) is 5.12. The van der Waals surface area contributed by atoms with E-state index in [1.165, 1.54) is 0 Å². The normalized spacial score (nSPS) is 10.4. The molecular weight excluding hydrogens is 362 g/mol. The number of aromatic nitrogens is 1. The molecule has 0 unspecified atom stereocenters. The number of aromatic hydroxyl groups is 1. The fourth-order valence-electron chi connectivity index (χ4n) is 2.23. The van der Waals surface area contributed by atoms with E-state index in [4.69, 9.17) is 17.3 Å². The number of carboxylic acids is 2. The standard InChI is InChI=1S/C13H8ClN3O8/c14-3-1-4(9(18)5(2-3)17(24)25)6-7(12(20)21)10(15)16-11(19)8(6)13(22)23/h1-2,18H,(H,20,21)(H,22,23)(H3,15,16,19). The lowest BCUT2D eigenvalue weighted by molar-refractivity contribution is -0.385. The largest absolute Gasteiger partial charge is 0.502 e. The highest BCUT2D eigenvalue weighted by molar-refractivity contribution is 6.31. The number of nitrogens with zero attached hydrogens (tertiary/aromatic N) is 1. The first-order chi connectivity index (χ1) is 11.6. The summed E-state index contributed by atoms with van der Waals surface area (Å²) in [5.74, 6) is -5.32. The summed E-state index contributed by atoms with van der Waals surface area (Å²) in [6.45, 7) is 0. The van der Waals surface area contributed by atoms with Gasteiger partial charge in [-0.3, -0.25) is 14.9 Å². The number of phenolic OH excluding ortho intramolecular Hbond substituents is 1. The number of pyridine rings is 1. The first kappa shape index (κ1) is 17.7. The van der Waals surface area contributed by atoms with Crippen LogP contribution in [-0.2, 0) is 0 Å². The van der Waals surface area contributed by atoms with Gasteiger partial charge >= 0.3 is 17.6 Å². The second-order valence-electron chi connectivity index (χ2n) is 4.68. The van der Waals surface area contributed by atoms with E-state index in [0.717, 1.165) is 12.1 Å². The van der Waals surface area contributed by atoms with E-state index in [1.807, 2.05) is 4.98 Å². The van der Waals surface area contributed by atoms with Gasteiger partial charge < -0.3 is 26.0 Å². The number of hydrogen-bond donors (Lipinski definition) is 5. The molecule has 1 aromatic heterocycles. The summed E-state index contributed by atoms with van der Waals surface area (Å²) < 4.78 is 0. The second kappa shape index (κ2) is 6.13. The number of phenols is 1. The van der Waals surface area contributed by atoms with Gasteiger partial charge in [0, 0.05) is 22.2 Å². The van der Waals surface area contributed by atoms with Crippen molar-refractivity contribution in [2.45, 2.75) is 0 Å². The molecule has 0 aliphatic carbocycles. The van der Waals surface area contributed by atoms with E-state index in [2.05, 4.69) is 0 Å². The Morgan fingerprint density at radius 3 is 2.24 bits per heavy atom. The highest BCUT2D eigenvalue weighted by Crippen LogP contribution is 2.42. The van der Waals surface area contributed by atoms with Crippen LogP contribution in [0.15, 0.2) is 16.9 Å². The summed E-state index contributed by atoms with van der Waals surface area (Å²) in [6.07, 6.45) is 0. The molecule has 1 heterocycles. The van der Waals surface area contributed by atoms with Crippen LogP contribution in [0.2, 0.25) is 5.02 Å². The molecule has 0 fully saturated rings. The van der Waals surface area contributed by atoms with Crippen molar-refractivity contribution in [3.05, 3.63) is 48.8 Å². The molecule has 0 amide bonds. The fraction of sp³-hybridized carbons (Fsp3) is 0. The minimum atomic E-state index is -1.83. The summed E-state index contributed by atoms with van der Waals surface area (Å²) in [4.78, 5) is 46.6. The van der Waals surface area contributed by atoms with Crippen LogP contribution in [0.1, 0.15) is 20.7 Å². The Morgan fingerprint density at radius 2 is 1.76 bits per heavy atom. The van der Waals surface area contributed by atoms with Gasteiger partial charge in [-0.05, 0) is 6.07 Å². The maximum atomic E-state index is 11.9. The minimum absolute atomic E-state index is 0.300. The number of rotatable bonds is 4. The molecule has 0 aliphatic heterocycles. The van der Waals surface area contributed by atoms with Crippen molar-refractivity contribution >= 4 is 35.0 Å². The number of carboxylic acid groups (broad SMARTS) is 2. The Kier molecular flexibility index (Phi) is 4.35. The number of nitrogen functional groups attached to an aromatic ring is 1. The molecule has 2 aromatic rings. The van der Waals surface area contributed by atoms with Gasteiger partial charge in [-0.25, -0.2) is 9.59 Å². The number of hydrogen-bond acceptors (Lipinski definition) is 7. The number of aromatic carboxylic acids is 2. The molecule has 12 heteroatoms. The smallest absolute Gasteiger partial charge is 0.342 e. The van der Waals surface area contributed by atoms with Crippen molar-refractivity contribution in [3.8, 4) is 16.9 Å². The average molecular weight is 370 g/mol. The molecule has 0 aliphatic rings. The van der Waals surface area contributed by atoms with Crippen molar-refractivity contribution in [2.24, 2.45) is 0 Å². The number of anilines is 1. The lowest BCUT2D eigenvalue weighted by Gasteiger charge is -2.13. The number of aromatic amines is 1. The molecule has 6 N–H and O–H groups in total. The van der Waals surface area contributed by atoms with Gasteiger partial charge in [-0.15, -0.1) is 0 Å². The Balaban J connectivity index is 3.12. The molecule has 0 radical (unpaired) electrons. The molecule has 0 saturated carbocycles. The van der Waals surface area contributed by atoms with Crippen LogP contribution >= 0.6 is 11.6 Å². The number of nitrogens with two attached hydrogens (primary N) is 1. The summed E-state index contributed by atoms with van der Waals surface area (Å²) >= 11 is 5.73. The number of carbonyl (C=O) groups is 2. The summed E-state index contributed by atoms with van der Waals surface area (Å²) in [5, 5.41) is 39.3. The van der Waals surface area contributed by atoms with Gasteiger partial charge in [-0.2, -0.15) is 0 Å². The zero-order valence-electron chi connectivity index (χ0n) is 11.9. The number of nitro benzene ring substituents is 1. The van der Waals surface area contributed by atoms with Crippen molar-refractivity contribution < 1.29 is 29.8 Å². The van der Waals surface area contributed by atoms with Gasteiger partial charge in [0.2, 0.25) is 5.75 Å². The Morgan fingerprint density at radius 1 is 1.20 bits per heavy atom. The van der Waals surface area contributed by atoms with Crippen LogP contribution in [0.5, 0.6) is 5.75 Å². The maximum absolute atomic E-state index is 11.9. The van der Waals surface area contributed by atoms with Crippen LogP contribution < -0.4 is 11.3 Å². The molecule has 130 valence electrons. The zero-order chi connectivity index (χ0) is 19.0. The lowest BCUT2D eigenvalue weighted by atomic mass is 9.94. The predicted octanol–water partition coefficient (Wildman–Crippen LogP) is 1.29. The third-order valence-electron chi connectivity index (χ3n) is 3.19. The summed E-state index contributed by atoms with van der Waals surface area (Å²) in [7, 11) is 0. The molecule has 0 atom stereocenters. The number of halogens is 1. The van der Waals surface area contributed by atoms with E-state index < -0.39 is 61.9 Å². The Bertz CT molecular complexity index is 998. The van der Waals surface area contributed by atoms with Gasteiger partial charge in [0.05, 0.1) is 4.92 Å². The Labute approximate surface area is 142 Å². The van der Waals surface area contributed by atoms with Crippen molar-refractivity contribution in [1.82, 2.24) is 4.98 Å². The zero-order valence-corrected chi connectivity index (χ0v) is 12.7. The number of H-pyrrole nitrogens is 1. The minimum Gasteiger partial charge on any atom is -0.502 e. The van der Waals surface area contributed by atoms with Gasteiger partial charge in [0.1, 0.15) is 16.9 Å². The van der Waals surface area contributed by atoms with E-state index in [0.29, 0.717) is 0 Å². The SMILES string of the molecule is Nc1[nH]c(=O)c(C(=O)O)c(-c2cc(Cl)cc([N+](=O)[O-])c2O)c1C(=O)O. The van der Waals surface area contributed by atoms with E-state index >= 15 is 0 Å². The van der Waals surface area contributed by atoms with E-state index in [9.17, 15) is 39.8 Å². The average Bonchev–Trinajstić information content (AvgIpc) is 2.47. The van der Waals surface area contributed by atoms with Crippen molar-refractivity contribution in [2.75, 3.05) is 5.73 Å². The molecule has 2 rings (SSSR count). The first-order valence-electron chi connectivity index (χ1n) is 6.25. The number of benzene rings is 1. The van der Waals surface area contributed by atoms with E-state index in [-0.39, 0.29) is 5.02 Å². The van der Waals surface area contributed by atoms with Gasteiger partial charge in [0.25, 0.3) is 5.56 Å². The molecule has 0 saturated heterocycles. The van der Waals surface area contributed by atoms with Gasteiger partial charge in [0.15, 0.2) is 0 Å². The fourth-order valence-corrected chi connectivity index (χ4v) is 2.44. The van der Waals surface area contributed by atoms with Crippen molar-refractivity contribution in [1.29, 1.82) is 0 Å². The molecular formula is C13H8ClN3O8. The van der Waals surface area contributed by atoms with Crippen LogP contribution in [0.3, 0.4) is 0 Å². The molecule has 11 nitrogen and oxygen atoms in total. The van der Waals surface area contributed by atoms with Crippen LogP contribution in [0.4, 0.5) is 11.5 Å². The molecule has 25 heavy (non-hydrogen) atoms. The third kappa shape index (κ3) is 2.95.